The highest BCUT2D eigenvalue weighted by Crippen LogP contribution is 2.31. The molecule has 0 amide bonds. The first-order chi connectivity index (χ1) is 10.9. The fourth-order valence-corrected chi connectivity index (χ4v) is 3.11. The number of Topliss-reactive ketones (excluding diaryl/α,β-unsaturated/α-hetero) is 1. The van der Waals surface area contributed by atoms with Crippen LogP contribution in [0.25, 0.3) is 0 Å². The summed E-state index contributed by atoms with van der Waals surface area (Å²) in [7, 11) is 0. The average Bonchev–Trinajstić information content (AvgIpc) is 2.46. The number of hydrogen-bond donors (Lipinski definition) is 0. The summed E-state index contributed by atoms with van der Waals surface area (Å²) in [5.41, 5.74) is 0.862. The SMILES string of the molecule is O=C(C[C@H](C[N+](=O)[O-])c1ccc(Cl)cc1Cl)c1ccccc1Cl. The molecule has 0 aliphatic carbocycles. The maximum atomic E-state index is 12.4. The lowest BCUT2D eigenvalue weighted by atomic mass is 9.91. The van der Waals surface area contributed by atoms with Gasteiger partial charge in [0, 0.05) is 27.0 Å². The molecule has 7 heteroatoms. The second kappa shape index (κ2) is 7.77. The molecule has 0 saturated carbocycles. The van der Waals surface area contributed by atoms with Crippen LogP contribution < -0.4 is 0 Å². The number of carbonyl (C=O) groups is 1. The van der Waals surface area contributed by atoms with Crippen LogP contribution in [0.15, 0.2) is 42.5 Å². The Bertz CT molecular complexity index is 749. The van der Waals surface area contributed by atoms with Crippen LogP contribution in [0.4, 0.5) is 0 Å². The molecule has 1 atom stereocenters. The lowest BCUT2D eigenvalue weighted by molar-refractivity contribution is -0.483. The van der Waals surface area contributed by atoms with Crippen molar-refractivity contribution in [1.82, 2.24) is 0 Å². The molecule has 0 radical (unpaired) electrons. The Morgan fingerprint density at radius 2 is 1.78 bits per heavy atom. The van der Waals surface area contributed by atoms with E-state index in [4.69, 9.17) is 34.8 Å². The normalized spacial score (nSPS) is 12.0. The van der Waals surface area contributed by atoms with Crippen molar-refractivity contribution in [3.05, 3.63) is 78.8 Å². The Morgan fingerprint density at radius 3 is 2.39 bits per heavy atom. The van der Waals surface area contributed by atoms with Crippen LogP contribution in [-0.4, -0.2) is 17.3 Å². The third kappa shape index (κ3) is 4.67. The van der Waals surface area contributed by atoms with Crippen molar-refractivity contribution in [3.8, 4) is 0 Å². The fourth-order valence-electron chi connectivity index (χ4n) is 2.31. The van der Waals surface area contributed by atoms with E-state index >= 15 is 0 Å². The van der Waals surface area contributed by atoms with Gasteiger partial charge in [0.2, 0.25) is 6.54 Å². The topological polar surface area (TPSA) is 60.2 Å². The van der Waals surface area contributed by atoms with Gasteiger partial charge in [-0.1, -0.05) is 53.0 Å². The Morgan fingerprint density at radius 1 is 1.09 bits per heavy atom. The van der Waals surface area contributed by atoms with Crippen LogP contribution in [0, 0.1) is 10.1 Å². The molecule has 0 fully saturated rings. The van der Waals surface area contributed by atoms with E-state index in [1.807, 2.05) is 0 Å². The summed E-state index contributed by atoms with van der Waals surface area (Å²) >= 11 is 18.0. The van der Waals surface area contributed by atoms with E-state index in [1.165, 1.54) is 6.07 Å². The molecule has 0 heterocycles. The molecule has 2 aromatic rings. The Labute approximate surface area is 148 Å². The Kier molecular flexibility index (Phi) is 5.99. The zero-order chi connectivity index (χ0) is 17.0. The van der Waals surface area contributed by atoms with Gasteiger partial charge in [-0.2, -0.15) is 0 Å². The summed E-state index contributed by atoms with van der Waals surface area (Å²) < 4.78 is 0. The van der Waals surface area contributed by atoms with E-state index in [0.717, 1.165) is 0 Å². The summed E-state index contributed by atoms with van der Waals surface area (Å²) in [5, 5.41) is 12.0. The van der Waals surface area contributed by atoms with Crippen LogP contribution >= 0.6 is 34.8 Å². The van der Waals surface area contributed by atoms with Crippen molar-refractivity contribution in [2.75, 3.05) is 6.54 Å². The van der Waals surface area contributed by atoms with Gasteiger partial charge < -0.3 is 0 Å². The minimum Gasteiger partial charge on any atom is -0.294 e. The largest absolute Gasteiger partial charge is 0.294 e. The first kappa shape index (κ1) is 17.7. The number of nitrogens with zero attached hydrogens (tertiary/aromatic N) is 1. The number of halogens is 3. The standard InChI is InChI=1S/C16H12Cl3NO3/c17-11-5-6-12(15(19)8-11)10(9-20(22)23)7-16(21)13-3-1-2-4-14(13)18/h1-6,8,10H,7,9H2/t10-/m1/s1. The Balaban J connectivity index is 2.31. The molecular formula is C16H12Cl3NO3. The summed E-state index contributed by atoms with van der Waals surface area (Å²) in [6.07, 6.45) is -0.0634. The van der Waals surface area contributed by atoms with Crippen molar-refractivity contribution in [2.45, 2.75) is 12.3 Å². The zero-order valence-corrected chi connectivity index (χ0v) is 14.1. The van der Waals surface area contributed by atoms with Gasteiger partial charge >= 0.3 is 0 Å². The number of ketones is 1. The highest BCUT2D eigenvalue weighted by Gasteiger charge is 2.25. The monoisotopic (exact) mass is 371 g/mol. The predicted octanol–water partition coefficient (Wildman–Crippen LogP) is 5.28. The third-order valence-electron chi connectivity index (χ3n) is 3.38. The first-order valence-electron chi connectivity index (χ1n) is 6.73. The molecule has 2 rings (SSSR count). The molecule has 0 unspecified atom stereocenters. The summed E-state index contributed by atoms with van der Waals surface area (Å²) in [6, 6.07) is 11.3. The van der Waals surface area contributed by atoms with Crippen LogP contribution in [-0.2, 0) is 0 Å². The van der Waals surface area contributed by atoms with E-state index < -0.39 is 17.4 Å². The Hall–Kier alpha value is -1.62. The molecule has 0 N–H and O–H groups in total. The highest BCUT2D eigenvalue weighted by atomic mass is 35.5. The maximum Gasteiger partial charge on any atom is 0.211 e. The molecule has 2 aromatic carbocycles. The number of carbonyl (C=O) groups excluding carboxylic acids is 1. The molecule has 0 saturated heterocycles. The van der Waals surface area contributed by atoms with E-state index in [9.17, 15) is 14.9 Å². The van der Waals surface area contributed by atoms with E-state index in [1.54, 1.807) is 36.4 Å². The smallest absolute Gasteiger partial charge is 0.211 e. The van der Waals surface area contributed by atoms with Gasteiger partial charge in [-0.25, -0.2) is 0 Å². The van der Waals surface area contributed by atoms with E-state index in [2.05, 4.69) is 0 Å². The minimum absolute atomic E-state index is 0.0634. The molecule has 0 spiro atoms. The quantitative estimate of drug-likeness (QED) is 0.394. The van der Waals surface area contributed by atoms with Gasteiger partial charge in [-0.3, -0.25) is 14.9 Å². The predicted molar refractivity (Wildman–Crippen MR) is 91.5 cm³/mol. The van der Waals surface area contributed by atoms with Gasteiger partial charge in [0.1, 0.15) is 0 Å². The van der Waals surface area contributed by atoms with Crippen LogP contribution in [0.2, 0.25) is 15.1 Å². The first-order valence-corrected chi connectivity index (χ1v) is 7.86. The van der Waals surface area contributed by atoms with Crippen LogP contribution in [0.1, 0.15) is 28.3 Å². The average molecular weight is 373 g/mol. The zero-order valence-electron chi connectivity index (χ0n) is 11.8. The summed E-state index contributed by atoms with van der Waals surface area (Å²) in [5.74, 6) is -0.924. The molecule has 4 nitrogen and oxygen atoms in total. The van der Waals surface area contributed by atoms with Crippen LogP contribution in [0.3, 0.4) is 0 Å². The molecule has 0 bridgehead atoms. The molecule has 120 valence electrons. The number of hydrogen-bond acceptors (Lipinski definition) is 3. The summed E-state index contributed by atoms with van der Waals surface area (Å²) in [4.78, 5) is 22.9. The van der Waals surface area contributed by atoms with Crippen molar-refractivity contribution in [2.24, 2.45) is 0 Å². The van der Waals surface area contributed by atoms with Crippen molar-refractivity contribution in [1.29, 1.82) is 0 Å². The maximum absolute atomic E-state index is 12.4. The molecule has 0 aliphatic rings. The van der Waals surface area contributed by atoms with Crippen molar-refractivity contribution < 1.29 is 9.72 Å². The second-order valence-corrected chi connectivity index (χ2v) is 6.24. The highest BCUT2D eigenvalue weighted by molar-refractivity contribution is 6.35. The number of rotatable bonds is 6. The number of nitro groups is 1. The van der Waals surface area contributed by atoms with Crippen molar-refractivity contribution in [3.63, 3.8) is 0 Å². The van der Waals surface area contributed by atoms with Gasteiger partial charge in [0.05, 0.1) is 10.9 Å². The van der Waals surface area contributed by atoms with Gasteiger partial charge in [0.25, 0.3) is 0 Å². The van der Waals surface area contributed by atoms with Crippen LogP contribution in [0.5, 0.6) is 0 Å². The van der Waals surface area contributed by atoms with Crippen molar-refractivity contribution >= 4 is 40.6 Å². The fraction of sp³-hybridized carbons (Fsp3) is 0.188. The van der Waals surface area contributed by atoms with Gasteiger partial charge in [0.15, 0.2) is 5.78 Å². The second-order valence-electron chi connectivity index (χ2n) is 4.99. The van der Waals surface area contributed by atoms with Gasteiger partial charge in [-0.15, -0.1) is 0 Å². The molecule has 23 heavy (non-hydrogen) atoms. The van der Waals surface area contributed by atoms with Gasteiger partial charge in [-0.05, 0) is 29.8 Å². The lowest BCUT2D eigenvalue weighted by Gasteiger charge is -2.15. The molecule has 0 aliphatic heterocycles. The third-order valence-corrected chi connectivity index (χ3v) is 4.27. The van der Waals surface area contributed by atoms with E-state index in [0.29, 0.717) is 26.2 Å². The molecular weight excluding hydrogens is 361 g/mol. The summed E-state index contributed by atoms with van der Waals surface area (Å²) in [6.45, 7) is -0.405. The minimum atomic E-state index is -0.654. The lowest BCUT2D eigenvalue weighted by Crippen LogP contribution is -2.17. The number of benzene rings is 2. The van der Waals surface area contributed by atoms with E-state index in [-0.39, 0.29) is 12.2 Å². The molecule has 0 aromatic heterocycles.